The SMILES string of the molecule is Cc1nc(N)ccc1C#CCCNC(=O)OC(C)(C)C. The fourth-order valence-electron chi connectivity index (χ4n) is 1.41. The molecule has 0 spiro atoms. The van der Waals surface area contributed by atoms with Gasteiger partial charge in [-0.1, -0.05) is 11.8 Å². The molecule has 1 aromatic rings. The molecule has 0 aliphatic carbocycles. The number of ether oxygens (including phenoxy) is 1. The topological polar surface area (TPSA) is 77.2 Å². The minimum atomic E-state index is -0.484. The number of hydrogen-bond acceptors (Lipinski definition) is 4. The molecule has 0 aliphatic heterocycles. The molecule has 0 fully saturated rings. The van der Waals surface area contributed by atoms with Crippen molar-refractivity contribution in [1.29, 1.82) is 0 Å². The van der Waals surface area contributed by atoms with Crippen LogP contribution in [0.25, 0.3) is 0 Å². The van der Waals surface area contributed by atoms with Gasteiger partial charge in [-0.3, -0.25) is 0 Å². The molecule has 5 heteroatoms. The molecular weight excluding hydrogens is 254 g/mol. The van der Waals surface area contributed by atoms with Crippen molar-refractivity contribution < 1.29 is 9.53 Å². The molecule has 3 N–H and O–H groups in total. The van der Waals surface area contributed by atoms with Crippen LogP contribution in [0.4, 0.5) is 10.6 Å². The Labute approximate surface area is 119 Å². The first kappa shape index (κ1) is 15.8. The maximum atomic E-state index is 11.4. The van der Waals surface area contributed by atoms with Crippen molar-refractivity contribution in [3.05, 3.63) is 23.4 Å². The van der Waals surface area contributed by atoms with E-state index in [0.717, 1.165) is 11.3 Å². The van der Waals surface area contributed by atoms with E-state index in [9.17, 15) is 4.79 Å². The molecule has 0 bridgehead atoms. The summed E-state index contributed by atoms with van der Waals surface area (Å²) < 4.78 is 5.11. The van der Waals surface area contributed by atoms with Crippen molar-refractivity contribution >= 4 is 11.9 Å². The fraction of sp³-hybridized carbons (Fsp3) is 0.467. The Bertz CT molecular complexity index is 536. The van der Waals surface area contributed by atoms with Crippen LogP contribution < -0.4 is 11.1 Å². The van der Waals surface area contributed by atoms with Crippen LogP contribution in [0.2, 0.25) is 0 Å². The molecule has 108 valence electrons. The zero-order valence-corrected chi connectivity index (χ0v) is 12.4. The molecule has 0 saturated carbocycles. The molecule has 1 amide bonds. The molecule has 0 aromatic carbocycles. The number of aryl methyl sites for hydroxylation is 1. The Morgan fingerprint density at radius 2 is 2.15 bits per heavy atom. The summed E-state index contributed by atoms with van der Waals surface area (Å²) in [5.41, 5.74) is 6.73. The first-order valence-corrected chi connectivity index (χ1v) is 6.47. The second kappa shape index (κ2) is 6.80. The standard InChI is InChI=1S/C15H21N3O2/c1-11-12(8-9-13(16)18-11)7-5-6-10-17-14(19)20-15(2,3)4/h8-9H,6,10H2,1-4H3,(H2,16,18)(H,17,19). The van der Waals surface area contributed by atoms with E-state index in [4.69, 9.17) is 10.5 Å². The molecule has 0 radical (unpaired) electrons. The van der Waals surface area contributed by atoms with Gasteiger partial charge in [0, 0.05) is 18.5 Å². The number of alkyl carbamates (subject to hydrolysis) is 1. The van der Waals surface area contributed by atoms with Crippen molar-refractivity contribution in [2.75, 3.05) is 12.3 Å². The van der Waals surface area contributed by atoms with Gasteiger partial charge in [-0.2, -0.15) is 0 Å². The molecule has 20 heavy (non-hydrogen) atoms. The van der Waals surface area contributed by atoms with Gasteiger partial charge in [0.15, 0.2) is 0 Å². The molecule has 0 aliphatic rings. The summed E-state index contributed by atoms with van der Waals surface area (Å²) in [5, 5.41) is 2.65. The highest BCUT2D eigenvalue weighted by molar-refractivity contribution is 5.67. The van der Waals surface area contributed by atoms with Gasteiger partial charge in [-0.25, -0.2) is 9.78 Å². The maximum Gasteiger partial charge on any atom is 0.407 e. The number of nitrogens with zero attached hydrogens (tertiary/aromatic N) is 1. The second-order valence-corrected chi connectivity index (χ2v) is 5.35. The van der Waals surface area contributed by atoms with Crippen LogP contribution in [0.5, 0.6) is 0 Å². The lowest BCUT2D eigenvalue weighted by molar-refractivity contribution is 0.0529. The van der Waals surface area contributed by atoms with Crippen molar-refractivity contribution in [3.63, 3.8) is 0 Å². The number of nitrogens with one attached hydrogen (secondary N) is 1. The highest BCUT2D eigenvalue weighted by Crippen LogP contribution is 2.07. The molecule has 1 rings (SSSR count). The maximum absolute atomic E-state index is 11.4. The van der Waals surface area contributed by atoms with Crippen LogP contribution in [0, 0.1) is 18.8 Å². The number of hydrogen-bond donors (Lipinski definition) is 2. The summed E-state index contributed by atoms with van der Waals surface area (Å²) in [6.45, 7) is 7.78. The smallest absolute Gasteiger partial charge is 0.407 e. The van der Waals surface area contributed by atoms with E-state index in [1.54, 1.807) is 6.07 Å². The lowest BCUT2D eigenvalue weighted by Gasteiger charge is -2.19. The van der Waals surface area contributed by atoms with Gasteiger partial charge >= 0.3 is 6.09 Å². The van der Waals surface area contributed by atoms with E-state index in [-0.39, 0.29) is 0 Å². The lowest BCUT2D eigenvalue weighted by atomic mass is 10.2. The third kappa shape index (κ3) is 6.10. The van der Waals surface area contributed by atoms with Gasteiger partial charge in [-0.05, 0) is 39.8 Å². The van der Waals surface area contributed by atoms with E-state index >= 15 is 0 Å². The Kier molecular flexibility index (Phi) is 5.39. The highest BCUT2D eigenvalue weighted by atomic mass is 16.6. The van der Waals surface area contributed by atoms with Crippen LogP contribution in [-0.2, 0) is 4.74 Å². The summed E-state index contributed by atoms with van der Waals surface area (Å²) in [5.74, 6) is 6.47. The third-order valence-electron chi connectivity index (χ3n) is 2.25. The van der Waals surface area contributed by atoms with Gasteiger partial charge in [-0.15, -0.1) is 0 Å². The second-order valence-electron chi connectivity index (χ2n) is 5.35. The van der Waals surface area contributed by atoms with Crippen LogP contribution in [0.3, 0.4) is 0 Å². The number of rotatable bonds is 2. The van der Waals surface area contributed by atoms with E-state index in [2.05, 4.69) is 22.1 Å². The van der Waals surface area contributed by atoms with Crippen molar-refractivity contribution in [2.45, 2.75) is 39.7 Å². The first-order chi connectivity index (χ1) is 9.28. The van der Waals surface area contributed by atoms with Crippen molar-refractivity contribution in [2.24, 2.45) is 0 Å². The van der Waals surface area contributed by atoms with Gasteiger partial charge in [0.2, 0.25) is 0 Å². The van der Waals surface area contributed by atoms with Crippen LogP contribution in [0.15, 0.2) is 12.1 Å². The Balaban J connectivity index is 2.38. The van der Waals surface area contributed by atoms with E-state index in [1.807, 2.05) is 33.8 Å². The molecule has 0 unspecified atom stereocenters. The molecule has 1 aromatic heterocycles. The van der Waals surface area contributed by atoms with Crippen LogP contribution in [0.1, 0.15) is 38.4 Å². The summed E-state index contributed by atoms with van der Waals surface area (Å²) in [6, 6.07) is 3.56. The zero-order valence-electron chi connectivity index (χ0n) is 12.4. The number of nitrogen functional groups attached to an aromatic ring is 1. The quantitative estimate of drug-likeness (QED) is 0.641. The predicted octanol–water partition coefficient (Wildman–Crippen LogP) is 2.24. The van der Waals surface area contributed by atoms with Crippen molar-refractivity contribution in [3.8, 4) is 11.8 Å². The normalized spacial score (nSPS) is 10.4. The molecule has 5 nitrogen and oxygen atoms in total. The van der Waals surface area contributed by atoms with E-state index in [0.29, 0.717) is 18.8 Å². The monoisotopic (exact) mass is 275 g/mol. The Hall–Kier alpha value is -2.22. The third-order valence-corrected chi connectivity index (χ3v) is 2.25. The minimum absolute atomic E-state index is 0.426. The average molecular weight is 275 g/mol. The number of pyridine rings is 1. The predicted molar refractivity (Wildman–Crippen MR) is 79.1 cm³/mol. The molecule has 1 heterocycles. The van der Waals surface area contributed by atoms with Gasteiger partial charge in [0.05, 0.1) is 5.69 Å². The number of anilines is 1. The lowest BCUT2D eigenvalue weighted by Crippen LogP contribution is -2.32. The van der Waals surface area contributed by atoms with Crippen LogP contribution >= 0.6 is 0 Å². The average Bonchev–Trinajstić information content (AvgIpc) is 2.28. The van der Waals surface area contributed by atoms with Gasteiger partial charge in [0.1, 0.15) is 11.4 Å². The highest BCUT2D eigenvalue weighted by Gasteiger charge is 2.15. The minimum Gasteiger partial charge on any atom is -0.444 e. The molecule has 0 saturated heterocycles. The summed E-state index contributed by atoms with van der Waals surface area (Å²) in [4.78, 5) is 15.5. The number of nitrogens with two attached hydrogens (primary N) is 1. The number of carbonyl (C=O) groups excluding carboxylic acids is 1. The van der Waals surface area contributed by atoms with Crippen molar-refractivity contribution in [1.82, 2.24) is 10.3 Å². The van der Waals surface area contributed by atoms with E-state index < -0.39 is 11.7 Å². The summed E-state index contributed by atoms with van der Waals surface area (Å²) >= 11 is 0. The Morgan fingerprint density at radius 1 is 1.45 bits per heavy atom. The zero-order chi connectivity index (χ0) is 15.2. The van der Waals surface area contributed by atoms with Gasteiger partial charge < -0.3 is 15.8 Å². The molecule has 0 atom stereocenters. The fourth-order valence-corrected chi connectivity index (χ4v) is 1.41. The number of amides is 1. The first-order valence-electron chi connectivity index (χ1n) is 6.47. The number of carbonyl (C=O) groups is 1. The van der Waals surface area contributed by atoms with E-state index in [1.165, 1.54) is 0 Å². The molecular formula is C15H21N3O2. The Morgan fingerprint density at radius 3 is 2.75 bits per heavy atom. The number of aromatic nitrogens is 1. The van der Waals surface area contributed by atoms with Crippen LogP contribution in [-0.4, -0.2) is 23.2 Å². The largest absolute Gasteiger partial charge is 0.444 e. The summed E-state index contributed by atoms with van der Waals surface area (Å²) in [7, 11) is 0. The summed E-state index contributed by atoms with van der Waals surface area (Å²) in [6.07, 6.45) is 0.118. The van der Waals surface area contributed by atoms with Gasteiger partial charge in [0.25, 0.3) is 0 Å².